The summed E-state index contributed by atoms with van der Waals surface area (Å²) in [6.45, 7) is 0.967. The highest BCUT2D eigenvalue weighted by atomic mass is 35.5. The number of carbonyl (C=O) groups is 2. The van der Waals surface area contributed by atoms with Gasteiger partial charge in [-0.15, -0.1) is 0 Å². The van der Waals surface area contributed by atoms with Crippen LogP contribution in [-0.2, 0) is 26.2 Å². The van der Waals surface area contributed by atoms with Crippen molar-refractivity contribution in [3.05, 3.63) is 58.9 Å². The number of hydrogen-bond acceptors (Lipinski definition) is 5. The Morgan fingerprint density at radius 1 is 1.22 bits per heavy atom. The number of benzene rings is 2. The second-order valence-electron chi connectivity index (χ2n) is 7.03. The zero-order valence-corrected chi connectivity index (χ0v) is 19.7. The lowest BCUT2D eigenvalue weighted by Gasteiger charge is -2.31. The zero-order chi connectivity index (χ0) is 24.1. The van der Waals surface area contributed by atoms with Crippen LogP contribution in [0.3, 0.4) is 0 Å². The maximum absolute atomic E-state index is 13.6. The zero-order valence-electron chi connectivity index (χ0n) is 18.1. The Hall–Kier alpha value is -2.85. The quantitative estimate of drug-likeness (QED) is 0.588. The van der Waals surface area contributed by atoms with E-state index in [0.717, 1.165) is 22.7 Å². The monoisotopic (exact) mass is 485 g/mol. The highest BCUT2D eigenvalue weighted by Gasteiger charge is 2.30. The molecule has 1 atom stereocenters. The highest BCUT2D eigenvalue weighted by molar-refractivity contribution is 7.92. The molecule has 0 heterocycles. The standard InChI is InChI=1S/C21H25ClFN3O5S/c1-14(21(28)24-2)25(12-15-6-5-7-17(10-15)31-3)20(27)13-26(32(4,29)30)16-8-9-19(23)18(22)11-16/h5-11,14H,12-13H2,1-4H3,(H,24,28)/t14-/m1/s1. The molecule has 0 radical (unpaired) electrons. The van der Waals surface area contributed by atoms with Crippen molar-refractivity contribution in [3.8, 4) is 5.75 Å². The Balaban J connectivity index is 2.41. The number of nitrogens with one attached hydrogen (secondary N) is 1. The normalized spacial score (nSPS) is 12.1. The first-order valence-electron chi connectivity index (χ1n) is 9.54. The number of hydrogen-bond donors (Lipinski definition) is 1. The number of sulfonamides is 1. The van der Waals surface area contributed by atoms with E-state index >= 15 is 0 Å². The first kappa shape index (κ1) is 25.4. The van der Waals surface area contributed by atoms with Gasteiger partial charge in [0.2, 0.25) is 21.8 Å². The minimum absolute atomic E-state index is 0.0289. The van der Waals surface area contributed by atoms with Gasteiger partial charge in [0.25, 0.3) is 0 Å². The van der Waals surface area contributed by atoms with Crippen molar-refractivity contribution in [2.75, 3.05) is 31.3 Å². The van der Waals surface area contributed by atoms with E-state index in [1.807, 2.05) is 0 Å². The molecule has 11 heteroatoms. The summed E-state index contributed by atoms with van der Waals surface area (Å²) >= 11 is 5.80. The molecule has 0 aromatic heterocycles. The molecule has 0 bridgehead atoms. The fraction of sp³-hybridized carbons (Fsp3) is 0.333. The van der Waals surface area contributed by atoms with E-state index in [1.54, 1.807) is 24.3 Å². The van der Waals surface area contributed by atoms with Crippen LogP contribution in [0.1, 0.15) is 12.5 Å². The average Bonchev–Trinajstić information content (AvgIpc) is 2.75. The van der Waals surface area contributed by atoms with E-state index in [-0.39, 0.29) is 17.3 Å². The minimum atomic E-state index is -3.93. The van der Waals surface area contributed by atoms with Crippen molar-refractivity contribution in [2.24, 2.45) is 0 Å². The van der Waals surface area contributed by atoms with E-state index in [0.29, 0.717) is 11.3 Å². The van der Waals surface area contributed by atoms with Gasteiger partial charge in [0.05, 0.1) is 24.1 Å². The molecule has 2 rings (SSSR count). The van der Waals surface area contributed by atoms with Crippen LogP contribution >= 0.6 is 11.6 Å². The van der Waals surface area contributed by atoms with Crippen molar-refractivity contribution >= 4 is 39.1 Å². The molecule has 2 aromatic rings. The molecule has 2 amide bonds. The second-order valence-corrected chi connectivity index (χ2v) is 9.35. The summed E-state index contributed by atoms with van der Waals surface area (Å²) in [6.07, 6.45) is 0.923. The Bertz CT molecular complexity index is 1100. The van der Waals surface area contributed by atoms with Crippen molar-refractivity contribution in [1.82, 2.24) is 10.2 Å². The molecule has 8 nitrogen and oxygen atoms in total. The van der Waals surface area contributed by atoms with E-state index in [2.05, 4.69) is 5.32 Å². The summed E-state index contributed by atoms with van der Waals surface area (Å²) in [5.41, 5.74) is 0.713. The van der Waals surface area contributed by atoms with E-state index < -0.39 is 40.2 Å². The van der Waals surface area contributed by atoms with Gasteiger partial charge in [0, 0.05) is 13.6 Å². The Kier molecular flexibility index (Phi) is 8.45. The fourth-order valence-corrected chi connectivity index (χ4v) is 4.03. The van der Waals surface area contributed by atoms with Crippen LogP contribution in [0.4, 0.5) is 10.1 Å². The van der Waals surface area contributed by atoms with Gasteiger partial charge in [-0.05, 0) is 42.8 Å². The number of ether oxygens (including phenoxy) is 1. The lowest BCUT2D eigenvalue weighted by molar-refractivity contribution is -0.139. The lowest BCUT2D eigenvalue weighted by Crippen LogP contribution is -2.50. The van der Waals surface area contributed by atoms with Crippen LogP contribution in [0.5, 0.6) is 5.75 Å². The molecule has 0 aliphatic carbocycles. The first-order valence-corrected chi connectivity index (χ1v) is 11.8. The number of nitrogens with zero attached hydrogens (tertiary/aromatic N) is 2. The number of methoxy groups -OCH3 is 1. The van der Waals surface area contributed by atoms with Crippen molar-refractivity contribution < 1.29 is 27.1 Å². The molecular weight excluding hydrogens is 461 g/mol. The summed E-state index contributed by atoms with van der Waals surface area (Å²) < 4.78 is 44.4. The number of amides is 2. The third kappa shape index (κ3) is 6.33. The highest BCUT2D eigenvalue weighted by Crippen LogP contribution is 2.25. The molecule has 0 unspecified atom stereocenters. The maximum Gasteiger partial charge on any atom is 0.244 e. The molecule has 32 heavy (non-hydrogen) atoms. The van der Waals surface area contributed by atoms with Crippen LogP contribution in [0.2, 0.25) is 5.02 Å². The largest absolute Gasteiger partial charge is 0.497 e. The van der Waals surface area contributed by atoms with Gasteiger partial charge in [-0.25, -0.2) is 12.8 Å². The Labute approximate surface area is 192 Å². The van der Waals surface area contributed by atoms with Crippen LogP contribution in [0.15, 0.2) is 42.5 Å². The second kappa shape index (κ2) is 10.6. The third-order valence-electron chi connectivity index (χ3n) is 4.77. The predicted molar refractivity (Wildman–Crippen MR) is 121 cm³/mol. The number of likely N-dealkylation sites (N-methyl/N-ethyl adjacent to an activating group) is 1. The molecule has 0 fully saturated rings. The molecule has 0 aliphatic rings. The molecule has 0 spiro atoms. The maximum atomic E-state index is 13.6. The summed E-state index contributed by atoms with van der Waals surface area (Å²) in [5, 5.41) is 2.21. The average molecular weight is 486 g/mol. The summed E-state index contributed by atoms with van der Waals surface area (Å²) in [7, 11) is -0.979. The lowest BCUT2D eigenvalue weighted by atomic mass is 10.1. The summed E-state index contributed by atoms with van der Waals surface area (Å²) in [4.78, 5) is 26.8. The minimum Gasteiger partial charge on any atom is -0.497 e. The molecule has 0 saturated heterocycles. The van der Waals surface area contributed by atoms with Crippen LogP contribution < -0.4 is 14.4 Å². The van der Waals surface area contributed by atoms with Gasteiger partial charge < -0.3 is 15.0 Å². The van der Waals surface area contributed by atoms with Crippen molar-refractivity contribution in [3.63, 3.8) is 0 Å². The van der Waals surface area contributed by atoms with E-state index in [9.17, 15) is 22.4 Å². The first-order chi connectivity index (χ1) is 15.0. The Morgan fingerprint density at radius 2 is 1.91 bits per heavy atom. The van der Waals surface area contributed by atoms with E-state index in [1.165, 1.54) is 32.0 Å². The number of anilines is 1. The van der Waals surface area contributed by atoms with Crippen LogP contribution in [0, 0.1) is 5.82 Å². The molecule has 1 N–H and O–H groups in total. The fourth-order valence-electron chi connectivity index (χ4n) is 3.01. The summed E-state index contributed by atoms with van der Waals surface area (Å²) in [5.74, 6) is -1.20. The molecule has 2 aromatic carbocycles. The number of halogens is 2. The van der Waals surface area contributed by atoms with Gasteiger partial charge in [0.15, 0.2) is 0 Å². The van der Waals surface area contributed by atoms with Gasteiger partial charge in [-0.3, -0.25) is 13.9 Å². The molecule has 0 aliphatic heterocycles. The summed E-state index contributed by atoms with van der Waals surface area (Å²) in [6, 6.07) is 9.41. The molecule has 0 saturated carbocycles. The number of rotatable bonds is 9. The van der Waals surface area contributed by atoms with Crippen molar-refractivity contribution in [1.29, 1.82) is 0 Å². The molecule has 174 valence electrons. The van der Waals surface area contributed by atoms with Crippen molar-refractivity contribution in [2.45, 2.75) is 19.5 Å². The SMILES string of the molecule is CNC(=O)[C@@H](C)N(Cc1cccc(OC)c1)C(=O)CN(c1ccc(F)c(Cl)c1)S(C)(=O)=O. The smallest absolute Gasteiger partial charge is 0.244 e. The third-order valence-corrected chi connectivity index (χ3v) is 6.20. The van der Waals surface area contributed by atoms with Gasteiger partial charge in [0.1, 0.15) is 24.2 Å². The predicted octanol–water partition coefficient (Wildman–Crippen LogP) is 2.42. The number of carbonyl (C=O) groups excluding carboxylic acids is 2. The van der Waals surface area contributed by atoms with Crippen LogP contribution in [0.25, 0.3) is 0 Å². The topological polar surface area (TPSA) is 96.0 Å². The molecular formula is C21H25ClFN3O5S. The van der Waals surface area contributed by atoms with Gasteiger partial charge in [-0.1, -0.05) is 23.7 Å². The van der Waals surface area contributed by atoms with Gasteiger partial charge >= 0.3 is 0 Å². The van der Waals surface area contributed by atoms with Gasteiger partial charge in [-0.2, -0.15) is 0 Å². The van der Waals surface area contributed by atoms with E-state index in [4.69, 9.17) is 16.3 Å². The van der Waals surface area contributed by atoms with Crippen LogP contribution in [-0.4, -0.2) is 58.1 Å². The Morgan fingerprint density at radius 3 is 2.47 bits per heavy atom.